The first kappa shape index (κ1) is 18.5. The van der Waals surface area contributed by atoms with Crippen molar-refractivity contribution in [3.63, 3.8) is 0 Å². The third-order valence-electron chi connectivity index (χ3n) is 3.80. The zero-order valence-electron chi connectivity index (χ0n) is 14.6. The van der Waals surface area contributed by atoms with Gasteiger partial charge in [-0.25, -0.2) is 9.69 Å². The average molecular weight is 385 g/mol. The molecule has 3 amide bonds. The second kappa shape index (κ2) is 7.97. The van der Waals surface area contributed by atoms with Gasteiger partial charge in [0.05, 0.1) is 17.8 Å². The van der Waals surface area contributed by atoms with E-state index >= 15 is 0 Å². The molecular weight excluding hydrogens is 368 g/mol. The lowest BCUT2D eigenvalue weighted by Gasteiger charge is -2.12. The summed E-state index contributed by atoms with van der Waals surface area (Å²) in [6.07, 6.45) is 3.13. The molecular formula is C20H17ClN2O4. The number of carbonyl (C=O) groups excluding carboxylic acids is 2. The molecule has 0 spiro atoms. The fourth-order valence-electron chi connectivity index (χ4n) is 2.62. The number of anilines is 1. The van der Waals surface area contributed by atoms with Crippen molar-refractivity contribution >= 4 is 35.3 Å². The van der Waals surface area contributed by atoms with Crippen LogP contribution in [0.3, 0.4) is 0 Å². The van der Waals surface area contributed by atoms with Gasteiger partial charge in [0.1, 0.15) is 12.3 Å². The van der Waals surface area contributed by atoms with Crippen LogP contribution in [-0.2, 0) is 4.79 Å². The number of carbonyl (C=O) groups is 2. The molecule has 0 saturated carbocycles. The lowest BCUT2D eigenvalue weighted by molar-refractivity contribution is -0.113. The van der Waals surface area contributed by atoms with Gasteiger partial charge in [0.25, 0.3) is 5.91 Å². The summed E-state index contributed by atoms with van der Waals surface area (Å²) in [5.41, 5.74) is 1.22. The van der Waals surface area contributed by atoms with Gasteiger partial charge < -0.3 is 14.8 Å². The van der Waals surface area contributed by atoms with Crippen LogP contribution in [0.25, 0.3) is 6.08 Å². The highest BCUT2D eigenvalue weighted by atomic mass is 35.5. The van der Waals surface area contributed by atoms with Gasteiger partial charge in [0, 0.05) is 0 Å². The summed E-state index contributed by atoms with van der Waals surface area (Å²) in [5.74, 6) is 0.343. The predicted octanol–water partition coefficient (Wildman–Crippen LogP) is 4.01. The van der Waals surface area contributed by atoms with Gasteiger partial charge in [-0.05, 0) is 35.9 Å². The Morgan fingerprint density at radius 1 is 1.22 bits per heavy atom. The van der Waals surface area contributed by atoms with Crippen LogP contribution in [0.4, 0.5) is 10.5 Å². The minimum atomic E-state index is -0.513. The molecule has 27 heavy (non-hydrogen) atoms. The maximum Gasteiger partial charge on any atom is 0.333 e. The van der Waals surface area contributed by atoms with E-state index in [1.165, 1.54) is 13.2 Å². The average Bonchev–Trinajstić information content (AvgIpc) is 2.94. The predicted molar refractivity (Wildman–Crippen MR) is 104 cm³/mol. The van der Waals surface area contributed by atoms with Crippen molar-refractivity contribution in [1.29, 1.82) is 0 Å². The van der Waals surface area contributed by atoms with Crippen LogP contribution in [0.15, 0.2) is 60.8 Å². The van der Waals surface area contributed by atoms with Gasteiger partial charge in [-0.1, -0.05) is 42.5 Å². The van der Waals surface area contributed by atoms with Crippen molar-refractivity contribution in [2.45, 2.75) is 0 Å². The molecule has 1 aliphatic heterocycles. The molecule has 3 rings (SSSR count). The monoisotopic (exact) mass is 384 g/mol. The molecule has 0 bridgehead atoms. The Morgan fingerprint density at radius 2 is 1.96 bits per heavy atom. The van der Waals surface area contributed by atoms with Crippen molar-refractivity contribution in [3.05, 3.63) is 71.4 Å². The van der Waals surface area contributed by atoms with Crippen LogP contribution < -0.4 is 19.7 Å². The molecule has 2 aromatic rings. The Morgan fingerprint density at radius 3 is 2.63 bits per heavy atom. The molecule has 7 heteroatoms. The van der Waals surface area contributed by atoms with E-state index in [4.69, 9.17) is 21.1 Å². The number of urea groups is 1. The van der Waals surface area contributed by atoms with E-state index in [0.717, 1.165) is 4.90 Å². The second-order valence-corrected chi connectivity index (χ2v) is 6.01. The first-order chi connectivity index (χ1) is 13.0. The van der Waals surface area contributed by atoms with Gasteiger partial charge in [-0.15, -0.1) is 0 Å². The van der Waals surface area contributed by atoms with Crippen molar-refractivity contribution in [2.24, 2.45) is 0 Å². The quantitative estimate of drug-likeness (QED) is 0.464. The molecule has 0 aliphatic carbocycles. The standard InChI is InChI=1S/C20H17ClN2O4/c1-3-9-27-18-15(21)10-13(12-17(18)26-2)11-16-19(24)23(20(25)22-16)14-7-5-4-6-8-14/h3-8,10-12H,1,9H2,2H3,(H,22,25)/b16-11+. The van der Waals surface area contributed by atoms with Crippen molar-refractivity contribution in [1.82, 2.24) is 5.32 Å². The SMILES string of the molecule is C=CCOc1c(Cl)cc(/C=C2/NC(=O)N(c3ccccc3)C2=O)cc1OC. The number of hydrogen-bond donors (Lipinski definition) is 1. The van der Waals surface area contributed by atoms with Gasteiger partial charge >= 0.3 is 6.03 Å². The topological polar surface area (TPSA) is 67.9 Å². The smallest absolute Gasteiger partial charge is 0.333 e. The van der Waals surface area contributed by atoms with Crippen molar-refractivity contribution in [3.8, 4) is 11.5 Å². The van der Waals surface area contributed by atoms with Crippen molar-refractivity contribution in [2.75, 3.05) is 18.6 Å². The van der Waals surface area contributed by atoms with Crippen molar-refractivity contribution < 1.29 is 19.1 Å². The number of amides is 3. The highest BCUT2D eigenvalue weighted by molar-refractivity contribution is 6.32. The Hall–Kier alpha value is -3.25. The zero-order chi connectivity index (χ0) is 19.4. The Bertz CT molecular complexity index is 925. The summed E-state index contributed by atoms with van der Waals surface area (Å²) in [6.45, 7) is 3.87. The third-order valence-corrected chi connectivity index (χ3v) is 4.08. The number of imide groups is 1. The van der Waals surface area contributed by atoms with Crippen LogP contribution in [0, 0.1) is 0 Å². The van der Waals surface area contributed by atoms with E-state index in [1.54, 1.807) is 42.5 Å². The number of benzene rings is 2. The van der Waals surface area contributed by atoms with E-state index in [2.05, 4.69) is 11.9 Å². The number of nitrogens with zero attached hydrogens (tertiary/aromatic N) is 1. The number of halogens is 1. The van der Waals surface area contributed by atoms with Crippen LogP contribution >= 0.6 is 11.6 Å². The fraction of sp³-hybridized carbons (Fsp3) is 0.100. The zero-order valence-corrected chi connectivity index (χ0v) is 15.3. The van der Waals surface area contributed by atoms with Gasteiger partial charge in [0.15, 0.2) is 11.5 Å². The van der Waals surface area contributed by atoms with Gasteiger partial charge in [-0.2, -0.15) is 0 Å². The van der Waals surface area contributed by atoms with E-state index in [1.807, 2.05) is 6.07 Å². The molecule has 0 radical (unpaired) electrons. The number of para-hydroxylation sites is 1. The molecule has 0 atom stereocenters. The molecule has 1 saturated heterocycles. The summed E-state index contributed by atoms with van der Waals surface area (Å²) in [4.78, 5) is 25.9. The maximum atomic E-state index is 12.6. The number of ether oxygens (including phenoxy) is 2. The Balaban J connectivity index is 1.93. The first-order valence-electron chi connectivity index (χ1n) is 8.08. The summed E-state index contributed by atoms with van der Waals surface area (Å²) in [6, 6.07) is 11.5. The van der Waals surface area contributed by atoms with E-state index < -0.39 is 11.9 Å². The van der Waals surface area contributed by atoms with Gasteiger partial charge in [0.2, 0.25) is 0 Å². The second-order valence-electron chi connectivity index (χ2n) is 5.60. The molecule has 1 N–H and O–H groups in total. The summed E-state index contributed by atoms with van der Waals surface area (Å²) < 4.78 is 10.8. The number of hydrogen-bond acceptors (Lipinski definition) is 4. The van der Waals surface area contributed by atoms with Crippen LogP contribution in [-0.4, -0.2) is 25.7 Å². The molecule has 0 unspecified atom stereocenters. The Labute approximate surface area is 161 Å². The summed E-state index contributed by atoms with van der Waals surface area (Å²) in [5, 5.41) is 2.90. The van der Waals surface area contributed by atoms with Crippen LogP contribution in [0.1, 0.15) is 5.56 Å². The lowest BCUT2D eigenvalue weighted by atomic mass is 10.1. The van der Waals surface area contributed by atoms with E-state index in [9.17, 15) is 9.59 Å². The summed E-state index contributed by atoms with van der Waals surface area (Å²) >= 11 is 6.27. The minimum Gasteiger partial charge on any atom is -0.493 e. The van der Waals surface area contributed by atoms with E-state index in [-0.39, 0.29) is 12.3 Å². The number of rotatable bonds is 6. The van der Waals surface area contributed by atoms with Crippen LogP contribution in [0.5, 0.6) is 11.5 Å². The third kappa shape index (κ3) is 3.80. The maximum absolute atomic E-state index is 12.6. The highest BCUT2D eigenvalue weighted by Crippen LogP contribution is 2.37. The summed E-state index contributed by atoms with van der Waals surface area (Å²) in [7, 11) is 1.49. The first-order valence-corrected chi connectivity index (χ1v) is 8.46. The Kier molecular flexibility index (Phi) is 5.47. The number of methoxy groups -OCH3 is 1. The molecule has 6 nitrogen and oxygen atoms in total. The van der Waals surface area contributed by atoms with Crippen LogP contribution in [0.2, 0.25) is 5.02 Å². The fourth-order valence-corrected chi connectivity index (χ4v) is 2.89. The minimum absolute atomic E-state index is 0.140. The lowest BCUT2D eigenvalue weighted by Crippen LogP contribution is -2.30. The number of nitrogens with one attached hydrogen (secondary N) is 1. The molecule has 1 aliphatic rings. The molecule has 138 valence electrons. The molecule has 2 aromatic carbocycles. The largest absolute Gasteiger partial charge is 0.493 e. The van der Waals surface area contributed by atoms with Gasteiger partial charge in [-0.3, -0.25) is 4.79 Å². The molecule has 1 heterocycles. The highest BCUT2D eigenvalue weighted by Gasteiger charge is 2.34. The van der Waals surface area contributed by atoms with E-state index in [0.29, 0.717) is 27.8 Å². The normalized spacial score (nSPS) is 15.0. The molecule has 0 aromatic heterocycles. The molecule has 1 fully saturated rings.